The van der Waals surface area contributed by atoms with Gasteiger partial charge in [0.1, 0.15) is 4.33 Å². The summed E-state index contributed by atoms with van der Waals surface area (Å²) in [6, 6.07) is 0. The number of allylic oxidation sites excluding steroid dienone is 2. The van der Waals surface area contributed by atoms with E-state index in [4.69, 9.17) is 23.2 Å². The van der Waals surface area contributed by atoms with Crippen LogP contribution in [0.4, 0.5) is 0 Å². The van der Waals surface area contributed by atoms with E-state index < -0.39 is 4.33 Å². The van der Waals surface area contributed by atoms with Gasteiger partial charge in [-0.3, -0.25) is 0 Å². The first-order chi connectivity index (χ1) is 10.0. The monoisotopic (exact) mass is 334 g/mol. The molecule has 1 unspecified atom stereocenters. The summed E-state index contributed by atoms with van der Waals surface area (Å²) >= 11 is 12.9. The van der Waals surface area contributed by atoms with E-state index in [1.165, 1.54) is 64.2 Å². The topological polar surface area (TPSA) is 0 Å². The maximum atomic E-state index is 6.47. The molecule has 0 aromatic heterocycles. The van der Waals surface area contributed by atoms with Crippen LogP contribution >= 0.6 is 23.2 Å². The van der Waals surface area contributed by atoms with E-state index in [1.54, 1.807) is 0 Å². The highest BCUT2D eigenvalue weighted by Gasteiger charge is 2.27. The fraction of sp³-hybridized carbons (Fsp3) is 0.895. The molecule has 0 aliphatic carbocycles. The number of hydrogen-bond donors (Lipinski definition) is 0. The van der Waals surface area contributed by atoms with E-state index in [0.717, 1.165) is 12.8 Å². The Hall–Kier alpha value is 0.320. The third-order valence-electron chi connectivity index (χ3n) is 4.21. The van der Waals surface area contributed by atoms with Gasteiger partial charge >= 0.3 is 0 Å². The van der Waals surface area contributed by atoms with Crippen LogP contribution in [-0.2, 0) is 0 Å². The molecule has 0 aromatic rings. The van der Waals surface area contributed by atoms with Crippen molar-refractivity contribution in [3.63, 3.8) is 0 Å². The van der Waals surface area contributed by atoms with Gasteiger partial charge in [0.2, 0.25) is 0 Å². The van der Waals surface area contributed by atoms with Crippen LogP contribution in [0.2, 0.25) is 0 Å². The number of halogens is 2. The van der Waals surface area contributed by atoms with Gasteiger partial charge < -0.3 is 0 Å². The highest BCUT2D eigenvalue weighted by molar-refractivity contribution is 6.50. The molecule has 0 amide bonds. The van der Waals surface area contributed by atoms with Gasteiger partial charge in [0.05, 0.1) is 0 Å². The molecule has 0 spiro atoms. The van der Waals surface area contributed by atoms with E-state index in [-0.39, 0.29) is 0 Å². The average molecular weight is 335 g/mol. The van der Waals surface area contributed by atoms with Crippen LogP contribution in [0.15, 0.2) is 12.2 Å². The number of unbranched alkanes of at least 4 members (excludes halogenated alkanes) is 9. The Morgan fingerprint density at radius 2 is 1.33 bits per heavy atom. The maximum Gasteiger partial charge on any atom is 0.138 e. The fourth-order valence-electron chi connectivity index (χ4n) is 2.52. The zero-order valence-corrected chi connectivity index (χ0v) is 16.0. The van der Waals surface area contributed by atoms with Crippen molar-refractivity contribution >= 4 is 23.2 Å². The average Bonchev–Trinajstić information content (AvgIpc) is 2.46. The molecule has 0 fully saturated rings. The normalized spacial score (nSPS) is 14.0. The molecule has 0 radical (unpaired) electrons. The molecule has 0 aliphatic rings. The lowest BCUT2D eigenvalue weighted by molar-refractivity contribution is 0.471. The first kappa shape index (κ1) is 21.3. The largest absolute Gasteiger partial charge is 0.138 e. The van der Waals surface area contributed by atoms with E-state index in [9.17, 15) is 0 Å². The SMILES string of the molecule is CCCCCCC=CC(Cl)(Cl)C(C)CCCCCCCC. The van der Waals surface area contributed by atoms with E-state index in [2.05, 4.69) is 26.8 Å². The van der Waals surface area contributed by atoms with Crippen LogP contribution in [-0.4, -0.2) is 4.33 Å². The second kappa shape index (κ2) is 13.9. The zero-order chi connectivity index (χ0) is 16.0. The van der Waals surface area contributed by atoms with Crippen molar-refractivity contribution in [3.8, 4) is 0 Å². The van der Waals surface area contributed by atoms with E-state index in [0.29, 0.717) is 5.92 Å². The Kier molecular flexibility index (Phi) is 14.2. The van der Waals surface area contributed by atoms with Crippen LogP contribution < -0.4 is 0 Å². The highest BCUT2D eigenvalue weighted by Crippen LogP contribution is 2.35. The van der Waals surface area contributed by atoms with Gasteiger partial charge in [-0.1, -0.05) is 114 Å². The van der Waals surface area contributed by atoms with Crippen molar-refractivity contribution in [3.05, 3.63) is 12.2 Å². The van der Waals surface area contributed by atoms with E-state index >= 15 is 0 Å². The first-order valence-electron chi connectivity index (χ1n) is 9.10. The van der Waals surface area contributed by atoms with Gasteiger partial charge in [-0.15, -0.1) is 0 Å². The second-order valence-corrected chi connectivity index (χ2v) is 7.83. The molecule has 0 rings (SSSR count). The molecule has 0 heterocycles. The van der Waals surface area contributed by atoms with Gasteiger partial charge in [0, 0.05) is 0 Å². The summed E-state index contributed by atoms with van der Waals surface area (Å²) in [6.07, 6.45) is 19.6. The molecule has 1 atom stereocenters. The lowest BCUT2D eigenvalue weighted by Gasteiger charge is -2.23. The van der Waals surface area contributed by atoms with Crippen molar-refractivity contribution in [1.29, 1.82) is 0 Å². The van der Waals surface area contributed by atoms with Gasteiger partial charge in [-0.2, -0.15) is 0 Å². The Labute approximate surface area is 143 Å². The van der Waals surface area contributed by atoms with Crippen molar-refractivity contribution in [1.82, 2.24) is 0 Å². The molecule has 2 heteroatoms. The Bertz CT molecular complexity index is 246. The standard InChI is InChI=1S/C19H36Cl2/c1-4-6-8-10-12-14-16-18(3)19(20,21)17-15-13-11-9-7-5-2/h15,17-18H,4-14,16H2,1-3H3. The van der Waals surface area contributed by atoms with Gasteiger partial charge in [-0.25, -0.2) is 0 Å². The van der Waals surface area contributed by atoms with Gasteiger partial charge in [0.15, 0.2) is 0 Å². The summed E-state index contributed by atoms with van der Waals surface area (Å²) in [6.45, 7) is 6.67. The molecule has 0 aromatic carbocycles. The molecule has 0 saturated heterocycles. The van der Waals surface area contributed by atoms with E-state index in [1.807, 2.05) is 6.08 Å². The third-order valence-corrected chi connectivity index (χ3v) is 5.21. The number of hydrogen-bond acceptors (Lipinski definition) is 0. The predicted octanol–water partition coefficient (Wildman–Crippen LogP) is 8.07. The quantitative estimate of drug-likeness (QED) is 0.171. The lowest BCUT2D eigenvalue weighted by Crippen LogP contribution is -2.20. The third kappa shape index (κ3) is 12.5. The molecule has 0 aliphatic heterocycles. The van der Waals surface area contributed by atoms with Crippen LogP contribution in [0, 0.1) is 5.92 Å². The maximum absolute atomic E-state index is 6.47. The number of alkyl halides is 2. The molecular formula is C19H36Cl2. The van der Waals surface area contributed by atoms with Crippen molar-refractivity contribution in [2.75, 3.05) is 0 Å². The molecule has 0 saturated carbocycles. The number of rotatable bonds is 14. The van der Waals surface area contributed by atoms with Crippen molar-refractivity contribution in [2.45, 2.75) is 102 Å². The van der Waals surface area contributed by atoms with Gasteiger partial charge in [-0.05, 0) is 25.2 Å². The highest BCUT2D eigenvalue weighted by atomic mass is 35.5. The summed E-state index contributed by atoms with van der Waals surface area (Å²) in [5.74, 6) is 0.332. The molecule has 126 valence electrons. The summed E-state index contributed by atoms with van der Waals surface area (Å²) in [7, 11) is 0. The smallest absolute Gasteiger partial charge is 0.0967 e. The lowest BCUT2D eigenvalue weighted by atomic mass is 9.97. The second-order valence-electron chi connectivity index (χ2n) is 6.38. The minimum absolute atomic E-state index is 0.332. The Morgan fingerprint density at radius 3 is 1.95 bits per heavy atom. The Balaban J connectivity index is 3.76. The molecule has 21 heavy (non-hydrogen) atoms. The first-order valence-corrected chi connectivity index (χ1v) is 9.85. The van der Waals surface area contributed by atoms with Crippen molar-refractivity contribution in [2.24, 2.45) is 5.92 Å². The van der Waals surface area contributed by atoms with Crippen LogP contribution in [0.3, 0.4) is 0 Å². The minimum atomic E-state index is -0.686. The summed E-state index contributed by atoms with van der Waals surface area (Å²) in [4.78, 5) is 0. The van der Waals surface area contributed by atoms with Crippen LogP contribution in [0.5, 0.6) is 0 Å². The van der Waals surface area contributed by atoms with Crippen LogP contribution in [0.1, 0.15) is 97.8 Å². The predicted molar refractivity (Wildman–Crippen MR) is 99.5 cm³/mol. The van der Waals surface area contributed by atoms with Crippen LogP contribution in [0.25, 0.3) is 0 Å². The van der Waals surface area contributed by atoms with Crippen molar-refractivity contribution < 1.29 is 0 Å². The summed E-state index contributed by atoms with van der Waals surface area (Å²) in [5.41, 5.74) is 0. The minimum Gasteiger partial charge on any atom is -0.0967 e. The zero-order valence-electron chi connectivity index (χ0n) is 14.5. The molecular weight excluding hydrogens is 299 g/mol. The summed E-state index contributed by atoms with van der Waals surface area (Å²) < 4.78 is -0.686. The molecule has 0 nitrogen and oxygen atoms in total. The summed E-state index contributed by atoms with van der Waals surface area (Å²) in [5, 5.41) is 0. The fourth-order valence-corrected chi connectivity index (χ4v) is 2.91. The molecule has 0 bridgehead atoms. The van der Waals surface area contributed by atoms with Gasteiger partial charge in [0.25, 0.3) is 0 Å². The Morgan fingerprint density at radius 1 is 0.810 bits per heavy atom. The molecule has 0 N–H and O–H groups in total.